The van der Waals surface area contributed by atoms with Gasteiger partial charge in [0.25, 0.3) is 0 Å². The van der Waals surface area contributed by atoms with Gasteiger partial charge in [-0.05, 0) is 31.5 Å². The topological polar surface area (TPSA) is 21.3 Å². The third kappa shape index (κ3) is 3.95. The van der Waals surface area contributed by atoms with Gasteiger partial charge in [-0.15, -0.1) is 0 Å². The van der Waals surface area contributed by atoms with Gasteiger partial charge in [0, 0.05) is 19.8 Å². The SMILES string of the molecule is CNC(CCOC)Cc1cccc(Cl)c1Cl. The van der Waals surface area contributed by atoms with Crippen molar-refractivity contribution < 1.29 is 4.74 Å². The number of ether oxygens (including phenoxy) is 1. The number of hydrogen-bond acceptors (Lipinski definition) is 2. The lowest BCUT2D eigenvalue weighted by Crippen LogP contribution is -2.29. The Hall–Kier alpha value is -0.280. The molecule has 0 saturated heterocycles. The fourth-order valence-electron chi connectivity index (χ4n) is 1.58. The van der Waals surface area contributed by atoms with Crippen molar-refractivity contribution >= 4 is 23.2 Å². The molecular formula is C12H17Cl2NO. The minimum absolute atomic E-state index is 0.357. The maximum absolute atomic E-state index is 6.14. The molecule has 0 aromatic heterocycles. The number of likely N-dealkylation sites (N-methyl/N-ethyl adjacent to an activating group) is 1. The Kier molecular flexibility index (Phi) is 6.14. The van der Waals surface area contributed by atoms with E-state index >= 15 is 0 Å². The van der Waals surface area contributed by atoms with E-state index in [9.17, 15) is 0 Å². The fourth-order valence-corrected chi connectivity index (χ4v) is 1.98. The van der Waals surface area contributed by atoms with E-state index in [0.717, 1.165) is 25.0 Å². The fraction of sp³-hybridized carbons (Fsp3) is 0.500. The van der Waals surface area contributed by atoms with Gasteiger partial charge in [-0.3, -0.25) is 0 Å². The van der Waals surface area contributed by atoms with Crippen LogP contribution in [0.2, 0.25) is 10.0 Å². The minimum Gasteiger partial charge on any atom is -0.385 e. The molecule has 2 nitrogen and oxygen atoms in total. The molecule has 0 aliphatic heterocycles. The van der Waals surface area contributed by atoms with Crippen LogP contribution >= 0.6 is 23.2 Å². The van der Waals surface area contributed by atoms with Gasteiger partial charge in [0.2, 0.25) is 0 Å². The normalized spacial score (nSPS) is 12.8. The Balaban J connectivity index is 2.66. The van der Waals surface area contributed by atoms with E-state index in [2.05, 4.69) is 5.32 Å². The summed E-state index contributed by atoms with van der Waals surface area (Å²) in [6.45, 7) is 0.740. The molecule has 0 saturated carbocycles. The second-order valence-electron chi connectivity index (χ2n) is 3.68. The quantitative estimate of drug-likeness (QED) is 0.850. The maximum Gasteiger partial charge on any atom is 0.0624 e. The van der Waals surface area contributed by atoms with Crippen LogP contribution in [0.5, 0.6) is 0 Å². The van der Waals surface area contributed by atoms with E-state index in [4.69, 9.17) is 27.9 Å². The van der Waals surface area contributed by atoms with Crippen molar-refractivity contribution in [2.45, 2.75) is 18.9 Å². The lowest BCUT2D eigenvalue weighted by molar-refractivity contribution is 0.184. The predicted molar refractivity (Wildman–Crippen MR) is 69.5 cm³/mol. The highest BCUT2D eigenvalue weighted by Crippen LogP contribution is 2.26. The van der Waals surface area contributed by atoms with Crippen molar-refractivity contribution in [3.63, 3.8) is 0 Å². The Bertz CT molecular complexity index is 331. The molecule has 0 fully saturated rings. The van der Waals surface area contributed by atoms with E-state index in [1.165, 1.54) is 0 Å². The van der Waals surface area contributed by atoms with Crippen molar-refractivity contribution in [3.8, 4) is 0 Å². The largest absolute Gasteiger partial charge is 0.385 e. The monoisotopic (exact) mass is 261 g/mol. The molecule has 1 atom stereocenters. The van der Waals surface area contributed by atoms with Crippen LogP contribution in [0.4, 0.5) is 0 Å². The highest BCUT2D eigenvalue weighted by molar-refractivity contribution is 6.42. The van der Waals surface area contributed by atoms with Gasteiger partial charge in [0.1, 0.15) is 0 Å². The second-order valence-corrected chi connectivity index (χ2v) is 4.47. The Labute approximate surface area is 107 Å². The standard InChI is InChI=1S/C12H17Cl2NO/c1-15-10(6-7-16-2)8-9-4-3-5-11(13)12(9)14/h3-5,10,15H,6-8H2,1-2H3. The first-order valence-corrected chi connectivity index (χ1v) is 6.03. The zero-order chi connectivity index (χ0) is 12.0. The van der Waals surface area contributed by atoms with E-state index in [1.807, 2.05) is 19.2 Å². The number of halogens is 2. The average Bonchev–Trinajstić information content (AvgIpc) is 2.30. The lowest BCUT2D eigenvalue weighted by Gasteiger charge is -2.16. The molecule has 1 N–H and O–H groups in total. The highest BCUT2D eigenvalue weighted by Gasteiger charge is 2.11. The smallest absolute Gasteiger partial charge is 0.0624 e. The molecule has 0 aliphatic rings. The van der Waals surface area contributed by atoms with Crippen LogP contribution in [0.3, 0.4) is 0 Å². The predicted octanol–water partition coefficient (Wildman–Crippen LogP) is 3.16. The van der Waals surface area contributed by atoms with Crippen LogP contribution in [0.1, 0.15) is 12.0 Å². The summed E-state index contributed by atoms with van der Waals surface area (Å²) in [5.74, 6) is 0. The Morgan fingerprint density at radius 3 is 2.75 bits per heavy atom. The molecule has 0 bridgehead atoms. The van der Waals surface area contributed by atoms with Gasteiger partial charge in [-0.1, -0.05) is 35.3 Å². The summed E-state index contributed by atoms with van der Waals surface area (Å²) < 4.78 is 5.07. The molecule has 0 radical (unpaired) electrons. The second kappa shape index (κ2) is 7.13. The molecule has 0 amide bonds. The van der Waals surface area contributed by atoms with Crippen molar-refractivity contribution in [1.82, 2.24) is 5.32 Å². The summed E-state index contributed by atoms with van der Waals surface area (Å²) in [7, 11) is 3.65. The van der Waals surface area contributed by atoms with E-state index in [0.29, 0.717) is 16.1 Å². The number of rotatable bonds is 6. The molecule has 1 aromatic rings. The summed E-state index contributed by atoms with van der Waals surface area (Å²) in [4.78, 5) is 0. The zero-order valence-corrected chi connectivity index (χ0v) is 11.1. The van der Waals surface area contributed by atoms with Crippen molar-refractivity contribution in [2.24, 2.45) is 0 Å². The molecule has 1 unspecified atom stereocenters. The van der Waals surface area contributed by atoms with Gasteiger partial charge < -0.3 is 10.1 Å². The van der Waals surface area contributed by atoms with Gasteiger partial charge in [-0.2, -0.15) is 0 Å². The van der Waals surface area contributed by atoms with Crippen LogP contribution in [-0.2, 0) is 11.2 Å². The number of nitrogens with one attached hydrogen (secondary N) is 1. The van der Waals surface area contributed by atoms with Crippen LogP contribution in [0.25, 0.3) is 0 Å². The van der Waals surface area contributed by atoms with Crippen LogP contribution in [-0.4, -0.2) is 26.8 Å². The van der Waals surface area contributed by atoms with Crippen molar-refractivity contribution in [3.05, 3.63) is 33.8 Å². The summed E-state index contributed by atoms with van der Waals surface area (Å²) >= 11 is 12.1. The maximum atomic E-state index is 6.14. The minimum atomic E-state index is 0.357. The molecule has 4 heteroatoms. The summed E-state index contributed by atoms with van der Waals surface area (Å²) in [5, 5.41) is 4.52. The average molecular weight is 262 g/mol. The van der Waals surface area contributed by atoms with Crippen molar-refractivity contribution in [1.29, 1.82) is 0 Å². The Morgan fingerprint density at radius 1 is 1.38 bits per heavy atom. The van der Waals surface area contributed by atoms with Gasteiger partial charge in [0.05, 0.1) is 10.0 Å². The number of methoxy groups -OCH3 is 1. The van der Waals surface area contributed by atoms with Gasteiger partial charge in [-0.25, -0.2) is 0 Å². The number of benzene rings is 1. The van der Waals surface area contributed by atoms with E-state index in [-0.39, 0.29) is 0 Å². The third-order valence-electron chi connectivity index (χ3n) is 2.58. The molecule has 0 heterocycles. The van der Waals surface area contributed by atoms with E-state index < -0.39 is 0 Å². The molecular weight excluding hydrogens is 245 g/mol. The summed E-state index contributed by atoms with van der Waals surface area (Å²) in [6, 6.07) is 6.09. The molecule has 0 spiro atoms. The third-order valence-corrected chi connectivity index (χ3v) is 3.43. The first-order chi connectivity index (χ1) is 7.69. The first kappa shape index (κ1) is 13.8. The molecule has 1 rings (SSSR count). The van der Waals surface area contributed by atoms with Crippen LogP contribution in [0, 0.1) is 0 Å². The molecule has 1 aromatic carbocycles. The molecule has 90 valence electrons. The summed E-state index contributed by atoms with van der Waals surface area (Å²) in [5.41, 5.74) is 1.07. The Morgan fingerprint density at radius 2 is 2.12 bits per heavy atom. The zero-order valence-electron chi connectivity index (χ0n) is 9.59. The van der Waals surface area contributed by atoms with Crippen LogP contribution in [0.15, 0.2) is 18.2 Å². The molecule has 0 aliphatic carbocycles. The molecule has 16 heavy (non-hydrogen) atoms. The van der Waals surface area contributed by atoms with Gasteiger partial charge >= 0.3 is 0 Å². The highest BCUT2D eigenvalue weighted by atomic mass is 35.5. The summed E-state index contributed by atoms with van der Waals surface area (Å²) in [6.07, 6.45) is 1.81. The van der Waals surface area contributed by atoms with Crippen LogP contribution < -0.4 is 5.32 Å². The lowest BCUT2D eigenvalue weighted by atomic mass is 10.0. The van der Waals surface area contributed by atoms with E-state index in [1.54, 1.807) is 13.2 Å². The van der Waals surface area contributed by atoms with Gasteiger partial charge in [0.15, 0.2) is 0 Å². The van der Waals surface area contributed by atoms with Crippen molar-refractivity contribution in [2.75, 3.05) is 20.8 Å². The first-order valence-electron chi connectivity index (χ1n) is 5.28. The number of hydrogen-bond donors (Lipinski definition) is 1.